The van der Waals surface area contributed by atoms with E-state index in [0.717, 1.165) is 24.1 Å². The van der Waals surface area contributed by atoms with E-state index in [2.05, 4.69) is 22.1 Å². The first-order valence-electron chi connectivity index (χ1n) is 5.82. The molecule has 4 nitrogen and oxygen atoms in total. The van der Waals surface area contributed by atoms with Crippen LogP contribution >= 0.6 is 0 Å². The summed E-state index contributed by atoms with van der Waals surface area (Å²) in [5.41, 5.74) is 8.97. The Labute approximate surface area is 98.9 Å². The second-order valence-corrected chi connectivity index (χ2v) is 4.72. The van der Waals surface area contributed by atoms with Gasteiger partial charge in [0.2, 0.25) is 0 Å². The summed E-state index contributed by atoms with van der Waals surface area (Å²) in [6.45, 7) is 0.695. The average Bonchev–Trinajstić information content (AvgIpc) is 3.06. The third-order valence-electron chi connectivity index (χ3n) is 3.63. The number of aromatic nitrogens is 2. The van der Waals surface area contributed by atoms with E-state index in [4.69, 9.17) is 5.73 Å². The Kier molecular flexibility index (Phi) is 2.19. The number of aromatic amines is 2. The molecule has 0 saturated heterocycles. The van der Waals surface area contributed by atoms with E-state index >= 15 is 0 Å². The molecular weight excluding hydrogens is 214 g/mol. The zero-order valence-corrected chi connectivity index (χ0v) is 9.49. The zero-order chi connectivity index (χ0) is 11.9. The number of benzene rings is 1. The molecule has 4 heteroatoms. The fourth-order valence-electron chi connectivity index (χ4n) is 2.27. The normalized spacial score (nSPS) is 17.0. The van der Waals surface area contributed by atoms with Crippen LogP contribution in [0.5, 0.6) is 0 Å². The van der Waals surface area contributed by atoms with Crippen molar-refractivity contribution in [2.24, 2.45) is 5.73 Å². The number of nitrogens with one attached hydrogen (secondary N) is 2. The van der Waals surface area contributed by atoms with Crippen LogP contribution in [0.25, 0.3) is 11.3 Å². The monoisotopic (exact) mass is 229 g/mol. The van der Waals surface area contributed by atoms with Gasteiger partial charge in [0.1, 0.15) is 0 Å². The van der Waals surface area contributed by atoms with Gasteiger partial charge in [-0.05, 0) is 30.0 Å². The molecule has 1 aromatic carbocycles. The van der Waals surface area contributed by atoms with Gasteiger partial charge < -0.3 is 15.7 Å². The molecule has 4 N–H and O–H groups in total. The maximum Gasteiger partial charge on any atom is 0.323 e. The lowest BCUT2D eigenvalue weighted by molar-refractivity contribution is 0.705. The third kappa shape index (κ3) is 1.70. The summed E-state index contributed by atoms with van der Waals surface area (Å²) >= 11 is 0. The molecule has 0 aliphatic heterocycles. The Hall–Kier alpha value is -1.81. The second-order valence-electron chi connectivity index (χ2n) is 4.72. The van der Waals surface area contributed by atoms with Gasteiger partial charge in [-0.15, -0.1) is 0 Å². The second kappa shape index (κ2) is 3.60. The minimum absolute atomic E-state index is 0.176. The number of H-pyrrole nitrogens is 2. The molecule has 1 fully saturated rings. The Balaban J connectivity index is 2.02. The number of imidazole rings is 1. The van der Waals surface area contributed by atoms with Crippen molar-refractivity contribution < 1.29 is 0 Å². The summed E-state index contributed by atoms with van der Waals surface area (Å²) in [4.78, 5) is 16.5. The van der Waals surface area contributed by atoms with E-state index < -0.39 is 0 Å². The van der Waals surface area contributed by atoms with Gasteiger partial charge in [0.25, 0.3) is 0 Å². The Morgan fingerprint density at radius 2 is 2.18 bits per heavy atom. The van der Waals surface area contributed by atoms with Crippen LogP contribution in [0.1, 0.15) is 18.4 Å². The van der Waals surface area contributed by atoms with E-state index in [1.54, 1.807) is 6.20 Å². The van der Waals surface area contributed by atoms with Crippen LogP contribution in [0, 0.1) is 0 Å². The predicted octanol–water partition coefficient (Wildman–Crippen LogP) is 1.36. The van der Waals surface area contributed by atoms with Crippen molar-refractivity contribution in [2.75, 3.05) is 6.54 Å². The first-order valence-corrected chi connectivity index (χ1v) is 5.82. The van der Waals surface area contributed by atoms with Gasteiger partial charge in [-0.2, -0.15) is 0 Å². The lowest BCUT2D eigenvalue weighted by atomic mass is 9.94. The molecular formula is C13H15N3O. The van der Waals surface area contributed by atoms with Crippen LogP contribution in [0.2, 0.25) is 0 Å². The van der Waals surface area contributed by atoms with Crippen molar-refractivity contribution in [3.8, 4) is 11.3 Å². The van der Waals surface area contributed by atoms with Gasteiger partial charge in [0.15, 0.2) is 0 Å². The highest BCUT2D eigenvalue weighted by Gasteiger charge is 2.42. The van der Waals surface area contributed by atoms with Gasteiger partial charge in [-0.3, -0.25) is 0 Å². The highest BCUT2D eigenvalue weighted by atomic mass is 16.1. The van der Waals surface area contributed by atoms with Gasteiger partial charge in [-0.25, -0.2) is 4.79 Å². The van der Waals surface area contributed by atoms with Gasteiger partial charge in [0, 0.05) is 18.2 Å². The highest BCUT2D eigenvalue weighted by Crippen LogP contribution is 2.47. The Morgan fingerprint density at radius 1 is 1.35 bits per heavy atom. The largest absolute Gasteiger partial charge is 0.330 e. The molecule has 0 atom stereocenters. The minimum atomic E-state index is -0.176. The molecule has 0 unspecified atom stereocenters. The standard InChI is InChI=1S/C13H15N3O/c14-8-13(4-5-13)10-3-1-2-9(6-10)11-7-15-12(17)16-11/h1-3,6-7H,4-5,8,14H2,(H2,15,16,17). The molecule has 3 rings (SSSR count). The van der Waals surface area contributed by atoms with E-state index in [1.807, 2.05) is 12.1 Å². The van der Waals surface area contributed by atoms with Gasteiger partial charge in [-0.1, -0.05) is 18.2 Å². The fraction of sp³-hybridized carbons (Fsp3) is 0.308. The van der Waals surface area contributed by atoms with Crippen LogP contribution in [0.4, 0.5) is 0 Å². The van der Waals surface area contributed by atoms with E-state index in [-0.39, 0.29) is 11.1 Å². The average molecular weight is 229 g/mol. The van der Waals surface area contributed by atoms with E-state index in [1.165, 1.54) is 5.56 Å². The maximum absolute atomic E-state index is 11.1. The van der Waals surface area contributed by atoms with Crippen LogP contribution in [0.15, 0.2) is 35.3 Å². The first-order chi connectivity index (χ1) is 8.23. The summed E-state index contributed by atoms with van der Waals surface area (Å²) in [5, 5.41) is 0. The SMILES string of the molecule is NCC1(c2cccc(-c3c[nH]c(=O)[nH]3)c2)CC1. The minimum Gasteiger partial charge on any atom is -0.330 e. The molecule has 0 radical (unpaired) electrons. The van der Waals surface area contributed by atoms with Crippen molar-refractivity contribution in [2.45, 2.75) is 18.3 Å². The van der Waals surface area contributed by atoms with Crippen LogP contribution in [-0.2, 0) is 5.41 Å². The summed E-state index contributed by atoms with van der Waals surface area (Å²) in [7, 11) is 0. The van der Waals surface area contributed by atoms with E-state index in [9.17, 15) is 4.79 Å². The van der Waals surface area contributed by atoms with Gasteiger partial charge in [0.05, 0.1) is 5.69 Å². The maximum atomic E-state index is 11.1. The number of hydrogen-bond donors (Lipinski definition) is 3. The summed E-state index contributed by atoms with van der Waals surface area (Å²) in [6, 6.07) is 8.26. The van der Waals surface area contributed by atoms with Crippen molar-refractivity contribution in [1.82, 2.24) is 9.97 Å². The number of nitrogens with two attached hydrogens (primary N) is 1. The molecule has 88 valence electrons. The fourth-order valence-corrected chi connectivity index (χ4v) is 2.27. The zero-order valence-electron chi connectivity index (χ0n) is 9.49. The third-order valence-corrected chi connectivity index (χ3v) is 3.63. The van der Waals surface area contributed by atoms with E-state index in [0.29, 0.717) is 6.54 Å². The molecule has 1 aliphatic carbocycles. The molecule has 1 aliphatic rings. The molecule has 1 saturated carbocycles. The summed E-state index contributed by atoms with van der Waals surface area (Å²) in [5.74, 6) is 0. The van der Waals surface area contributed by atoms with Crippen molar-refractivity contribution in [3.63, 3.8) is 0 Å². The van der Waals surface area contributed by atoms with Gasteiger partial charge >= 0.3 is 5.69 Å². The molecule has 1 aromatic heterocycles. The molecule has 0 bridgehead atoms. The van der Waals surface area contributed by atoms with Crippen molar-refractivity contribution in [3.05, 3.63) is 46.5 Å². The molecule has 2 aromatic rings. The van der Waals surface area contributed by atoms with Crippen LogP contribution in [0.3, 0.4) is 0 Å². The highest BCUT2D eigenvalue weighted by molar-refractivity contribution is 5.60. The molecule has 1 heterocycles. The predicted molar refractivity (Wildman–Crippen MR) is 66.8 cm³/mol. The quantitative estimate of drug-likeness (QED) is 0.743. The molecule has 0 spiro atoms. The molecule has 17 heavy (non-hydrogen) atoms. The topological polar surface area (TPSA) is 74.7 Å². The van der Waals surface area contributed by atoms with Crippen LogP contribution < -0.4 is 11.4 Å². The Morgan fingerprint density at radius 3 is 2.76 bits per heavy atom. The first kappa shape index (κ1) is 10.4. The lowest BCUT2D eigenvalue weighted by Gasteiger charge is -2.13. The number of rotatable bonds is 3. The summed E-state index contributed by atoms with van der Waals surface area (Å²) in [6.07, 6.45) is 4.02. The number of hydrogen-bond acceptors (Lipinski definition) is 2. The van der Waals surface area contributed by atoms with Crippen molar-refractivity contribution >= 4 is 0 Å². The van der Waals surface area contributed by atoms with Crippen LogP contribution in [-0.4, -0.2) is 16.5 Å². The lowest BCUT2D eigenvalue weighted by Crippen LogP contribution is -2.19. The smallest absolute Gasteiger partial charge is 0.323 e. The van der Waals surface area contributed by atoms with Crippen molar-refractivity contribution in [1.29, 1.82) is 0 Å². The summed E-state index contributed by atoms with van der Waals surface area (Å²) < 4.78 is 0. The molecule has 0 amide bonds. The Bertz CT molecular complexity index is 592.